The number of likely N-dealkylation sites (tertiary alicyclic amines) is 1. The first-order valence-corrected chi connectivity index (χ1v) is 11.5. The first-order chi connectivity index (χ1) is 14.5. The van der Waals surface area contributed by atoms with E-state index in [0.29, 0.717) is 24.6 Å². The van der Waals surface area contributed by atoms with Crippen LogP contribution in [0, 0.1) is 17.3 Å². The van der Waals surface area contributed by atoms with Gasteiger partial charge in [-0.1, -0.05) is 55.8 Å². The molecule has 5 heteroatoms. The minimum absolute atomic E-state index is 0.0931. The van der Waals surface area contributed by atoms with Crippen molar-refractivity contribution in [3.05, 3.63) is 47.5 Å². The Morgan fingerprint density at radius 3 is 2.73 bits per heavy atom. The predicted octanol–water partition coefficient (Wildman–Crippen LogP) is 2.97. The normalized spacial score (nSPS) is 29.9. The number of fused-ring (bicyclic) bond motifs is 1. The minimum atomic E-state index is -0.0931. The Morgan fingerprint density at radius 2 is 2.03 bits per heavy atom. The standard InChI is InChI=1S/C25H37N3O2/c1-25(2)20-10-9-19(22(25)13-20)15-27-21-14-23(24(29)26-11-12-30-3)28(17-21)16-18-7-5-4-6-8-18/h4-9,20-23,27H,10-17H2,1-3H3,(H,26,29)/t20-,21+,22-,23-/m0/s1. The monoisotopic (exact) mass is 411 g/mol. The number of nitrogens with zero attached hydrogens (tertiary/aromatic N) is 1. The molecule has 1 aromatic carbocycles. The van der Waals surface area contributed by atoms with Crippen LogP contribution in [0.4, 0.5) is 0 Å². The maximum Gasteiger partial charge on any atom is 0.237 e. The second-order valence-electron chi connectivity index (χ2n) is 9.85. The van der Waals surface area contributed by atoms with E-state index in [1.807, 2.05) is 6.07 Å². The van der Waals surface area contributed by atoms with E-state index in [1.54, 1.807) is 12.7 Å². The largest absolute Gasteiger partial charge is 0.383 e. The molecule has 0 aromatic heterocycles. The molecule has 4 aliphatic rings. The molecule has 1 saturated heterocycles. The fraction of sp³-hybridized carbons (Fsp3) is 0.640. The van der Waals surface area contributed by atoms with E-state index in [1.165, 1.54) is 18.4 Å². The summed E-state index contributed by atoms with van der Waals surface area (Å²) in [5.74, 6) is 1.73. The summed E-state index contributed by atoms with van der Waals surface area (Å²) in [7, 11) is 1.66. The van der Waals surface area contributed by atoms with Crippen molar-refractivity contribution in [3.63, 3.8) is 0 Å². The highest BCUT2D eigenvalue weighted by molar-refractivity contribution is 5.82. The highest BCUT2D eigenvalue weighted by Gasteiger charge is 2.51. The number of hydrogen-bond donors (Lipinski definition) is 2. The van der Waals surface area contributed by atoms with Crippen LogP contribution >= 0.6 is 0 Å². The molecule has 4 atom stereocenters. The van der Waals surface area contributed by atoms with E-state index in [-0.39, 0.29) is 11.9 Å². The van der Waals surface area contributed by atoms with Crippen LogP contribution < -0.4 is 10.6 Å². The Bertz CT molecular complexity index is 761. The zero-order chi connectivity index (χ0) is 21.1. The SMILES string of the molecule is COCCNC(=O)[C@@H]1C[C@@H](NCC2=CC[C@H]3C[C@@H]2C3(C)C)CN1Cc1ccccc1. The number of hydrogen-bond acceptors (Lipinski definition) is 4. The minimum Gasteiger partial charge on any atom is -0.383 e. The molecule has 3 aliphatic carbocycles. The van der Waals surface area contributed by atoms with Crippen LogP contribution in [-0.2, 0) is 16.1 Å². The molecule has 1 aromatic rings. The fourth-order valence-electron chi connectivity index (χ4n) is 5.65. The summed E-state index contributed by atoms with van der Waals surface area (Å²) in [6.07, 6.45) is 5.92. The summed E-state index contributed by atoms with van der Waals surface area (Å²) < 4.78 is 5.09. The summed E-state index contributed by atoms with van der Waals surface area (Å²) in [6, 6.07) is 10.7. The molecule has 2 N–H and O–H groups in total. The van der Waals surface area contributed by atoms with Gasteiger partial charge >= 0.3 is 0 Å². The first-order valence-electron chi connectivity index (χ1n) is 11.5. The van der Waals surface area contributed by atoms with E-state index in [4.69, 9.17) is 4.74 Å². The van der Waals surface area contributed by atoms with Crippen LogP contribution in [0.2, 0.25) is 0 Å². The average molecular weight is 412 g/mol. The smallest absolute Gasteiger partial charge is 0.237 e. The average Bonchev–Trinajstić information content (AvgIpc) is 3.16. The van der Waals surface area contributed by atoms with Crippen molar-refractivity contribution in [2.75, 3.05) is 33.4 Å². The molecule has 164 valence electrons. The van der Waals surface area contributed by atoms with E-state index in [9.17, 15) is 4.79 Å². The summed E-state index contributed by atoms with van der Waals surface area (Å²) in [4.78, 5) is 15.2. The summed E-state index contributed by atoms with van der Waals surface area (Å²) in [5.41, 5.74) is 3.31. The van der Waals surface area contributed by atoms with Crippen molar-refractivity contribution in [2.45, 2.75) is 51.7 Å². The van der Waals surface area contributed by atoms with Crippen molar-refractivity contribution in [3.8, 4) is 0 Å². The molecular formula is C25H37N3O2. The lowest BCUT2D eigenvalue weighted by Crippen LogP contribution is -2.50. The lowest BCUT2D eigenvalue weighted by molar-refractivity contribution is -0.125. The second kappa shape index (κ2) is 9.21. The molecule has 1 saturated carbocycles. The van der Waals surface area contributed by atoms with Gasteiger partial charge in [0.1, 0.15) is 0 Å². The summed E-state index contributed by atoms with van der Waals surface area (Å²) in [6.45, 7) is 8.64. The third kappa shape index (κ3) is 4.48. The molecule has 1 aliphatic heterocycles. The number of carbonyl (C=O) groups is 1. The van der Waals surface area contributed by atoms with Gasteiger partial charge in [0.05, 0.1) is 12.6 Å². The molecule has 1 amide bonds. The predicted molar refractivity (Wildman–Crippen MR) is 120 cm³/mol. The molecular weight excluding hydrogens is 374 g/mol. The van der Waals surface area contributed by atoms with Gasteiger partial charge in [0.25, 0.3) is 0 Å². The Labute approximate surface area is 181 Å². The Kier molecular flexibility index (Phi) is 6.61. The van der Waals surface area contributed by atoms with Crippen molar-refractivity contribution in [1.29, 1.82) is 0 Å². The quantitative estimate of drug-likeness (QED) is 0.485. The molecule has 2 bridgehead atoms. The van der Waals surface area contributed by atoms with Gasteiger partial charge in [-0.2, -0.15) is 0 Å². The van der Waals surface area contributed by atoms with Gasteiger partial charge in [0.15, 0.2) is 0 Å². The highest BCUT2D eigenvalue weighted by Crippen LogP contribution is 2.59. The maximum absolute atomic E-state index is 12.9. The van der Waals surface area contributed by atoms with Crippen LogP contribution in [0.1, 0.15) is 38.7 Å². The second-order valence-corrected chi connectivity index (χ2v) is 9.85. The van der Waals surface area contributed by atoms with Crippen LogP contribution in [-0.4, -0.2) is 56.2 Å². The number of allylic oxidation sites excluding steroid dienone is 1. The third-order valence-corrected chi connectivity index (χ3v) is 7.72. The maximum atomic E-state index is 12.9. The number of benzene rings is 1. The number of carbonyl (C=O) groups excluding carboxylic acids is 1. The van der Waals surface area contributed by atoms with Gasteiger partial charge in [-0.3, -0.25) is 9.69 Å². The van der Waals surface area contributed by atoms with Gasteiger partial charge in [-0.15, -0.1) is 0 Å². The van der Waals surface area contributed by atoms with Gasteiger partial charge in [0.2, 0.25) is 5.91 Å². The highest BCUT2D eigenvalue weighted by atomic mass is 16.5. The van der Waals surface area contributed by atoms with E-state index in [2.05, 4.69) is 59.7 Å². The number of rotatable bonds is 9. The Balaban J connectivity index is 1.37. The zero-order valence-corrected chi connectivity index (χ0v) is 18.7. The molecule has 5 nitrogen and oxygen atoms in total. The van der Waals surface area contributed by atoms with Crippen molar-refractivity contribution < 1.29 is 9.53 Å². The molecule has 0 spiro atoms. The van der Waals surface area contributed by atoms with E-state index in [0.717, 1.165) is 37.9 Å². The number of ether oxygens (including phenoxy) is 1. The van der Waals surface area contributed by atoms with Crippen molar-refractivity contribution in [2.24, 2.45) is 17.3 Å². The summed E-state index contributed by atoms with van der Waals surface area (Å²) >= 11 is 0. The lowest BCUT2D eigenvalue weighted by atomic mass is 9.49. The van der Waals surface area contributed by atoms with Crippen molar-refractivity contribution >= 4 is 5.91 Å². The van der Waals surface area contributed by atoms with E-state index < -0.39 is 0 Å². The van der Waals surface area contributed by atoms with Crippen LogP contribution in [0.3, 0.4) is 0 Å². The molecule has 1 heterocycles. The number of nitrogens with one attached hydrogen (secondary N) is 2. The van der Waals surface area contributed by atoms with Crippen LogP contribution in [0.15, 0.2) is 42.0 Å². The number of amides is 1. The Hall–Kier alpha value is -1.69. The third-order valence-electron chi connectivity index (χ3n) is 7.72. The Morgan fingerprint density at radius 1 is 1.23 bits per heavy atom. The number of methoxy groups -OCH3 is 1. The molecule has 5 rings (SSSR count). The zero-order valence-electron chi connectivity index (χ0n) is 18.7. The molecule has 0 unspecified atom stereocenters. The molecule has 30 heavy (non-hydrogen) atoms. The van der Waals surface area contributed by atoms with Crippen molar-refractivity contribution in [1.82, 2.24) is 15.5 Å². The summed E-state index contributed by atoms with van der Waals surface area (Å²) in [5, 5.41) is 6.84. The molecule has 0 radical (unpaired) electrons. The van der Waals surface area contributed by atoms with Gasteiger partial charge in [-0.25, -0.2) is 0 Å². The van der Waals surface area contributed by atoms with Gasteiger partial charge in [0, 0.05) is 39.3 Å². The molecule has 2 fully saturated rings. The van der Waals surface area contributed by atoms with Gasteiger partial charge < -0.3 is 15.4 Å². The lowest BCUT2D eigenvalue weighted by Gasteiger charge is -2.56. The fourth-order valence-corrected chi connectivity index (χ4v) is 5.65. The van der Waals surface area contributed by atoms with Crippen LogP contribution in [0.25, 0.3) is 0 Å². The van der Waals surface area contributed by atoms with Gasteiger partial charge in [-0.05, 0) is 42.1 Å². The topological polar surface area (TPSA) is 53.6 Å². The first kappa shape index (κ1) is 21.5. The van der Waals surface area contributed by atoms with Crippen LogP contribution in [0.5, 0.6) is 0 Å². The van der Waals surface area contributed by atoms with E-state index >= 15 is 0 Å².